The van der Waals surface area contributed by atoms with Crippen LogP contribution in [0.4, 0.5) is 10.2 Å². The summed E-state index contributed by atoms with van der Waals surface area (Å²) in [6.07, 6.45) is 2.76. The molecule has 7 heteroatoms. The number of aryl methyl sites for hydroxylation is 2. The summed E-state index contributed by atoms with van der Waals surface area (Å²) < 4.78 is 15.9. The molecule has 0 amide bonds. The number of rotatable bonds is 3. The fourth-order valence-electron chi connectivity index (χ4n) is 3.04. The van der Waals surface area contributed by atoms with Crippen molar-refractivity contribution in [3.05, 3.63) is 29.7 Å². The summed E-state index contributed by atoms with van der Waals surface area (Å²) in [6, 6.07) is 3.06. The number of carbonyl (C=O) groups is 1. The highest BCUT2D eigenvalue weighted by Gasteiger charge is 2.27. The number of aliphatic carboxylic acids is 1. The number of piperidine rings is 1. The molecule has 0 atom stereocenters. The van der Waals surface area contributed by atoms with Gasteiger partial charge in [-0.2, -0.15) is 5.10 Å². The molecule has 1 aliphatic rings. The normalized spacial score (nSPS) is 15.9. The first-order valence-electron chi connectivity index (χ1n) is 7.60. The van der Waals surface area contributed by atoms with Gasteiger partial charge in [0.2, 0.25) is 0 Å². The molecule has 0 bridgehead atoms. The monoisotopic (exact) mass is 318 g/mol. The second-order valence-corrected chi connectivity index (χ2v) is 5.90. The number of hydrogen-bond acceptors (Lipinski definition) is 4. The summed E-state index contributed by atoms with van der Waals surface area (Å²) in [5, 5.41) is 13.3. The Morgan fingerprint density at radius 3 is 2.61 bits per heavy atom. The van der Waals surface area contributed by atoms with E-state index in [1.54, 1.807) is 16.9 Å². The van der Waals surface area contributed by atoms with Gasteiger partial charge in [-0.25, -0.2) is 9.37 Å². The van der Waals surface area contributed by atoms with Crippen LogP contribution < -0.4 is 4.90 Å². The van der Waals surface area contributed by atoms with Gasteiger partial charge in [0.25, 0.3) is 0 Å². The average Bonchev–Trinajstić information content (AvgIpc) is 2.87. The zero-order valence-corrected chi connectivity index (χ0v) is 13.2. The molecule has 2 aromatic rings. The molecular weight excluding hydrogens is 299 g/mol. The van der Waals surface area contributed by atoms with Gasteiger partial charge in [0.15, 0.2) is 11.6 Å². The van der Waals surface area contributed by atoms with E-state index in [9.17, 15) is 9.18 Å². The number of pyridine rings is 1. The fraction of sp³-hybridized carbons (Fsp3) is 0.438. The minimum atomic E-state index is -0.780. The number of halogens is 1. The Labute approximate surface area is 133 Å². The van der Waals surface area contributed by atoms with Gasteiger partial charge in [0.05, 0.1) is 23.5 Å². The van der Waals surface area contributed by atoms with Crippen LogP contribution in [-0.2, 0) is 11.8 Å². The Hall–Kier alpha value is -2.44. The molecule has 0 aromatic carbocycles. The SMILES string of the molecule is Cc1cnn(C)c1-c1ccc(F)c(N2CCC(C(=O)O)CC2)n1. The van der Waals surface area contributed by atoms with E-state index >= 15 is 0 Å². The van der Waals surface area contributed by atoms with E-state index in [0.717, 1.165) is 11.3 Å². The summed E-state index contributed by atoms with van der Waals surface area (Å²) in [5.41, 5.74) is 2.49. The number of carboxylic acids is 1. The van der Waals surface area contributed by atoms with Crippen molar-refractivity contribution < 1.29 is 14.3 Å². The van der Waals surface area contributed by atoms with E-state index in [1.165, 1.54) is 6.07 Å². The lowest BCUT2D eigenvalue weighted by Gasteiger charge is -2.31. The average molecular weight is 318 g/mol. The molecule has 0 unspecified atom stereocenters. The van der Waals surface area contributed by atoms with Crippen molar-refractivity contribution in [3.63, 3.8) is 0 Å². The Morgan fingerprint density at radius 2 is 2.04 bits per heavy atom. The number of aromatic nitrogens is 3. The second-order valence-electron chi connectivity index (χ2n) is 5.90. The summed E-state index contributed by atoms with van der Waals surface area (Å²) in [5.74, 6) is -1.23. The van der Waals surface area contributed by atoms with Gasteiger partial charge in [0, 0.05) is 20.1 Å². The summed E-state index contributed by atoms with van der Waals surface area (Å²) in [6.45, 7) is 2.93. The second kappa shape index (κ2) is 5.98. The first-order valence-corrected chi connectivity index (χ1v) is 7.60. The minimum absolute atomic E-state index is 0.284. The lowest BCUT2D eigenvalue weighted by atomic mass is 9.97. The zero-order chi connectivity index (χ0) is 16.6. The molecular formula is C16H19FN4O2. The van der Waals surface area contributed by atoms with Crippen molar-refractivity contribution in [2.75, 3.05) is 18.0 Å². The maximum absolute atomic E-state index is 14.2. The molecule has 3 rings (SSSR count). The zero-order valence-electron chi connectivity index (χ0n) is 13.2. The van der Waals surface area contributed by atoms with Gasteiger partial charge in [-0.15, -0.1) is 0 Å². The van der Waals surface area contributed by atoms with Gasteiger partial charge in [-0.05, 0) is 37.5 Å². The van der Waals surface area contributed by atoms with E-state index < -0.39 is 5.97 Å². The first kappa shape index (κ1) is 15.5. The van der Waals surface area contributed by atoms with Crippen LogP contribution in [0.3, 0.4) is 0 Å². The molecule has 3 heterocycles. The Morgan fingerprint density at radius 1 is 1.35 bits per heavy atom. The Kier molecular flexibility index (Phi) is 4.02. The van der Waals surface area contributed by atoms with Crippen LogP contribution in [0.25, 0.3) is 11.4 Å². The van der Waals surface area contributed by atoms with Crippen LogP contribution in [0, 0.1) is 18.7 Å². The third-order valence-electron chi connectivity index (χ3n) is 4.34. The molecule has 6 nitrogen and oxygen atoms in total. The van der Waals surface area contributed by atoms with Crippen LogP contribution in [0.1, 0.15) is 18.4 Å². The quantitative estimate of drug-likeness (QED) is 0.939. The van der Waals surface area contributed by atoms with Crippen molar-refractivity contribution in [2.45, 2.75) is 19.8 Å². The minimum Gasteiger partial charge on any atom is -0.481 e. The van der Waals surface area contributed by atoms with Crippen molar-refractivity contribution in [1.29, 1.82) is 0 Å². The smallest absolute Gasteiger partial charge is 0.306 e. The number of hydrogen-bond donors (Lipinski definition) is 1. The van der Waals surface area contributed by atoms with Crippen molar-refractivity contribution in [1.82, 2.24) is 14.8 Å². The van der Waals surface area contributed by atoms with Crippen LogP contribution in [-0.4, -0.2) is 38.9 Å². The highest BCUT2D eigenvalue weighted by Crippen LogP contribution is 2.28. The summed E-state index contributed by atoms with van der Waals surface area (Å²) >= 11 is 0. The van der Waals surface area contributed by atoms with Crippen LogP contribution in [0.5, 0.6) is 0 Å². The molecule has 1 aliphatic heterocycles. The van der Waals surface area contributed by atoms with Gasteiger partial charge in [-0.3, -0.25) is 9.48 Å². The van der Waals surface area contributed by atoms with Crippen molar-refractivity contribution >= 4 is 11.8 Å². The van der Waals surface area contributed by atoms with Crippen molar-refractivity contribution in [2.24, 2.45) is 13.0 Å². The molecule has 1 fully saturated rings. The Bertz CT molecular complexity index is 716. The molecule has 122 valence electrons. The van der Waals surface area contributed by atoms with Gasteiger partial charge in [-0.1, -0.05) is 0 Å². The van der Waals surface area contributed by atoms with Crippen LogP contribution in [0.15, 0.2) is 18.3 Å². The highest BCUT2D eigenvalue weighted by atomic mass is 19.1. The predicted molar refractivity (Wildman–Crippen MR) is 83.7 cm³/mol. The maximum Gasteiger partial charge on any atom is 0.306 e. The van der Waals surface area contributed by atoms with E-state index in [0.29, 0.717) is 31.6 Å². The third kappa shape index (κ3) is 2.91. The largest absolute Gasteiger partial charge is 0.481 e. The molecule has 0 radical (unpaired) electrons. The van der Waals surface area contributed by atoms with E-state index in [4.69, 9.17) is 5.11 Å². The summed E-state index contributed by atoms with van der Waals surface area (Å²) in [4.78, 5) is 17.3. The molecule has 1 N–H and O–H groups in total. The van der Waals surface area contributed by atoms with E-state index in [1.807, 2.05) is 18.9 Å². The molecule has 0 spiro atoms. The van der Waals surface area contributed by atoms with Crippen LogP contribution in [0.2, 0.25) is 0 Å². The first-order chi connectivity index (χ1) is 11.0. The van der Waals surface area contributed by atoms with Gasteiger partial charge in [0.1, 0.15) is 0 Å². The lowest BCUT2D eigenvalue weighted by Crippen LogP contribution is -2.37. The highest BCUT2D eigenvalue weighted by molar-refractivity contribution is 5.70. The van der Waals surface area contributed by atoms with Gasteiger partial charge < -0.3 is 10.0 Å². The number of anilines is 1. The lowest BCUT2D eigenvalue weighted by molar-refractivity contribution is -0.142. The van der Waals surface area contributed by atoms with Crippen molar-refractivity contribution in [3.8, 4) is 11.4 Å². The van der Waals surface area contributed by atoms with Crippen LogP contribution >= 0.6 is 0 Å². The van der Waals surface area contributed by atoms with Gasteiger partial charge >= 0.3 is 5.97 Å². The molecule has 0 saturated carbocycles. The summed E-state index contributed by atoms with van der Waals surface area (Å²) in [7, 11) is 1.82. The van der Waals surface area contributed by atoms with E-state index in [-0.39, 0.29) is 17.6 Å². The molecule has 23 heavy (non-hydrogen) atoms. The molecule has 2 aromatic heterocycles. The predicted octanol–water partition coefficient (Wildman–Crippen LogP) is 2.23. The molecule has 0 aliphatic carbocycles. The fourth-order valence-corrected chi connectivity index (χ4v) is 3.04. The Balaban J connectivity index is 1.89. The van der Waals surface area contributed by atoms with E-state index in [2.05, 4.69) is 10.1 Å². The number of carboxylic acid groups (broad SMARTS) is 1. The third-order valence-corrected chi connectivity index (χ3v) is 4.34. The topological polar surface area (TPSA) is 71.2 Å². The molecule has 1 saturated heterocycles. The standard InChI is InChI=1S/C16H19FN4O2/c1-10-9-18-20(2)14(10)13-4-3-12(17)15(19-13)21-7-5-11(6-8-21)16(22)23/h3-4,9,11H,5-8H2,1-2H3,(H,22,23). The maximum atomic E-state index is 14.2. The number of nitrogens with zero attached hydrogens (tertiary/aromatic N) is 4.